The van der Waals surface area contributed by atoms with E-state index in [1.165, 1.54) is 24.9 Å². The Labute approximate surface area is 92.3 Å². The van der Waals surface area contributed by atoms with E-state index in [-0.39, 0.29) is 0 Å². The maximum absolute atomic E-state index is 4.38. The van der Waals surface area contributed by atoms with Crippen LogP contribution in [0.3, 0.4) is 0 Å². The Morgan fingerprint density at radius 3 is 2.40 bits per heavy atom. The molecule has 2 nitrogen and oxygen atoms in total. The zero-order chi connectivity index (χ0) is 10.8. The predicted octanol–water partition coefficient (Wildman–Crippen LogP) is 3.16. The summed E-state index contributed by atoms with van der Waals surface area (Å²) in [7, 11) is 0. The molecule has 1 aromatic rings. The highest BCUT2D eigenvalue weighted by Crippen LogP contribution is 2.28. The second kappa shape index (κ2) is 4.21. The van der Waals surface area contributed by atoms with Crippen molar-refractivity contribution >= 4 is 5.69 Å². The van der Waals surface area contributed by atoms with Crippen molar-refractivity contribution in [3.05, 3.63) is 24.0 Å². The standard InChI is InChI=1S/C13H20N2/c1-10-7-8-13(9-14-10)15-11(2)5-4-6-12(15)3/h7-9,11-12H,4-6H2,1-3H3/t11-,12-/m1/s1. The molecular formula is C13H20N2. The molecule has 0 amide bonds. The zero-order valence-corrected chi connectivity index (χ0v) is 9.90. The van der Waals surface area contributed by atoms with Gasteiger partial charge in [0.25, 0.3) is 0 Å². The summed E-state index contributed by atoms with van der Waals surface area (Å²) in [5.41, 5.74) is 2.37. The summed E-state index contributed by atoms with van der Waals surface area (Å²) < 4.78 is 0. The Kier molecular flexibility index (Phi) is 2.94. The second-order valence-corrected chi connectivity index (χ2v) is 4.69. The van der Waals surface area contributed by atoms with E-state index in [9.17, 15) is 0 Å². The summed E-state index contributed by atoms with van der Waals surface area (Å²) >= 11 is 0. The Morgan fingerprint density at radius 2 is 1.87 bits per heavy atom. The van der Waals surface area contributed by atoms with Crippen LogP contribution in [0.15, 0.2) is 18.3 Å². The van der Waals surface area contributed by atoms with Crippen LogP contribution in [0.4, 0.5) is 5.69 Å². The fourth-order valence-electron chi connectivity index (χ4n) is 2.54. The van der Waals surface area contributed by atoms with Gasteiger partial charge in [-0.2, -0.15) is 0 Å². The monoisotopic (exact) mass is 204 g/mol. The normalized spacial score (nSPS) is 26.7. The average molecular weight is 204 g/mol. The minimum Gasteiger partial charge on any atom is -0.365 e. The molecule has 15 heavy (non-hydrogen) atoms. The number of aromatic nitrogens is 1. The topological polar surface area (TPSA) is 16.1 Å². The van der Waals surface area contributed by atoms with Crippen molar-refractivity contribution in [1.29, 1.82) is 0 Å². The first kappa shape index (κ1) is 10.5. The molecular weight excluding hydrogens is 184 g/mol. The van der Waals surface area contributed by atoms with Gasteiger partial charge in [-0.25, -0.2) is 0 Å². The van der Waals surface area contributed by atoms with Crippen molar-refractivity contribution in [2.45, 2.75) is 52.1 Å². The van der Waals surface area contributed by atoms with Crippen molar-refractivity contribution in [2.24, 2.45) is 0 Å². The summed E-state index contributed by atoms with van der Waals surface area (Å²) in [6.07, 6.45) is 5.97. The molecule has 2 rings (SSSR count). The van der Waals surface area contributed by atoms with E-state index in [0.717, 1.165) is 5.69 Å². The quantitative estimate of drug-likeness (QED) is 0.698. The summed E-state index contributed by atoms with van der Waals surface area (Å²) in [6.45, 7) is 6.66. The number of piperidine rings is 1. The third-order valence-electron chi connectivity index (χ3n) is 3.39. The summed E-state index contributed by atoms with van der Waals surface area (Å²) in [4.78, 5) is 6.89. The van der Waals surface area contributed by atoms with Crippen LogP contribution in [0.25, 0.3) is 0 Å². The number of pyridine rings is 1. The molecule has 0 bridgehead atoms. The van der Waals surface area contributed by atoms with Crippen molar-refractivity contribution in [1.82, 2.24) is 4.98 Å². The third kappa shape index (κ3) is 2.14. The van der Waals surface area contributed by atoms with Crippen molar-refractivity contribution in [3.63, 3.8) is 0 Å². The molecule has 0 unspecified atom stereocenters. The molecule has 2 atom stereocenters. The Morgan fingerprint density at radius 1 is 1.20 bits per heavy atom. The van der Waals surface area contributed by atoms with Gasteiger partial charge in [0.1, 0.15) is 0 Å². The number of aryl methyl sites for hydroxylation is 1. The van der Waals surface area contributed by atoms with Gasteiger partial charge >= 0.3 is 0 Å². The molecule has 82 valence electrons. The molecule has 0 aliphatic carbocycles. The van der Waals surface area contributed by atoms with Crippen molar-refractivity contribution in [3.8, 4) is 0 Å². The Hall–Kier alpha value is -1.05. The molecule has 2 heterocycles. The highest BCUT2D eigenvalue weighted by atomic mass is 15.2. The molecule has 1 aliphatic heterocycles. The zero-order valence-electron chi connectivity index (χ0n) is 9.90. The summed E-state index contributed by atoms with van der Waals surface area (Å²) in [5.74, 6) is 0. The van der Waals surface area contributed by atoms with Crippen LogP contribution in [0.1, 0.15) is 38.8 Å². The first-order valence-electron chi connectivity index (χ1n) is 5.89. The van der Waals surface area contributed by atoms with Gasteiger partial charge in [0.15, 0.2) is 0 Å². The highest BCUT2D eigenvalue weighted by Gasteiger charge is 2.24. The molecule has 2 heteroatoms. The molecule has 0 N–H and O–H groups in total. The molecule has 1 fully saturated rings. The maximum atomic E-state index is 4.38. The molecule has 1 aromatic heterocycles. The lowest BCUT2D eigenvalue weighted by atomic mass is 9.97. The van der Waals surface area contributed by atoms with Gasteiger partial charge in [0, 0.05) is 17.8 Å². The second-order valence-electron chi connectivity index (χ2n) is 4.69. The first-order chi connectivity index (χ1) is 7.18. The molecule has 0 spiro atoms. The van der Waals surface area contributed by atoms with Crippen LogP contribution in [0.5, 0.6) is 0 Å². The molecule has 1 aliphatic rings. The predicted molar refractivity (Wildman–Crippen MR) is 64.2 cm³/mol. The molecule has 0 aromatic carbocycles. The maximum Gasteiger partial charge on any atom is 0.0557 e. The molecule has 1 saturated heterocycles. The first-order valence-corrected chi connectivity index (χ1v) is 5.89. The summed E-state index contributed by atoms with van der Waals surface area (Å²) in [5, 5.41) is 0. The van der Waals surface area contributed by atoms with Crippen LogP contribution in [-0.2, 0) is 0 Å². The molecule has 0 radical (unpaired) electrons. The van der Waals surface area contributed by atoms with E-state index in [2.05, 4.69) is 35.9 Å². The fraction of sp³-hybridized carbons (Fsp3) is 0.615. The fourth-order valence-corrected chi connectivity index (χ4v) is 2.54. The Bertz CT molecular complexity index is 308. The lowest BCUT2D eigenvalue weighted by molar-refractivity contribution is 0.414. The number of hydrogen-bond donors (Lipinski definition) is 0. The largest absolute Gasteiger partial charge is 0.365 e. The summed E-state index contributed by atoms with van der Waals surface area (Å²) in [6, 6.07) is 5.60. The lowest BCUT2D eigenvalue weighted by Gasteiger charge is -2.40. The third-order valence-corrected chi connectivity index (χ3v) is 3.39. The van der Waals surface area contributed by atoms with Gasteiger partial charge in [-0.15, -0.1) is 0 Å². The van der Waals surface area contributed by atoms with Gasteiger partial charge < -0.3 is 4.90 Å². The van der Waals surface area contributed by atoms with Gasteiger partial charge in [-0.3, -0.25) is 4.98 Å². The average Bonchev–Trinajstić information content (AvgIpc) is 2.20. The van der Waals surface area contributed by atoms with E-state index in [4.69, 9.17) is 0 Å². The van der Waals surface area contributed by atoms with Crippen LogP contribution >= 0.6 is 0 Å². The van der Waals surface area contributed by atoms with Crippen molar-refractivity contribution in [2.75, 3.05) is 4.90 Å². The number of nitrogens with zero attached hydrogens (tertiary/aromatic N) is 2. The van der Waals surface area contributed by atoms with Crippen LogP contribution in [0, 0.1) is 6.92 Å². The Balaban J connectivity index is 2.23. The van der Waals surface area contributed by atoms with E-state index in [0.29, 0.717) is 12.1 Å². The highest BCUT2D eigenvalue weighted by molar-refractivity contribution is 5.47. The van der Waals surface area contributed by atoms with Crippen LogP contribution in [-0.4, -0.2) is 17.1 Å². The van der Waals surface area contributed by atoms with E-state index in [1.54, 1.807) is 0 Å². The number of anilines is 1. The SMILES string of the molecule is Cc1ccc(N2[C@H](C)CCC[C@H]2C)cn1. The van der Waals surface area contributed by atoms with E-state index < -0.39 is 0 Å². The van der Waals surface area contributed by atoms with Gasteiger partial charge in [0.05, 0.1) is 11.9 Å². The minimum atomic E-state index is 0.651. The lowest BCUT2D eigenvalue weighted by Crippen LogP contribution is -2.43. The van der Waals surface area contributed by atoms with Gasteiger partial charge in [0.2, 0.25) is 0 Å². The number of hydrogen-bond acceptors (Lipinski definition) is 2. The van der Waals surface area contributed by atoms with E-state index in [1.807, 2.05) is 13.1 Å². The van der Waals surface area contributed by atoms with Gasteiger partial charge in [-0.1, -0.05) is 0 Å². The van der Waals surface area contributed by atoms with Gasteiger partial charge in [-0.05, 0) is 52.2 Å². The van der Waals surface area contributed by atoms with E-state index >= 15 is 0 Å². The van der Waals surface area contributed by atoms with Crippen molar-refractivity contribution < 1.29 is 0 Å². The smallest absolute Gasteiger partial charge is 0.0557 e. The minimum absolute atomic E-state index is 0.651. The van der Waals surface area contributed by atoms with Crippen LogP contribution in [0.2, 0.25) is 0 Å². The van der Waals surface area contributed by atoms with Crippen LogP contribution < -0.4 is 4.90 Å². The molecule has 0 saturated carbocycles. The number of rotatable bonds is 1.